The van der Waals surface area contributed by atoms with Crippen LogP contribution in [0.4, 0.5) is 16.3 Å². The molecule has 2 aliphatic rings. The summed E-state index contributed by atoms with van der Waals surface area (Å²) in [7, 11) is 0. The van der Waals surface area contributed by atoms with Gasteiger partial charge in [-0.25, -0.2) is 14.7 Å². The largest absolute Gasteiger partial charge is 0.487 e. The Morgan fingerprint density at radius 2 is 1.97 bits per heavy atom. The molecular weight excluding hydrogens is 368 g/mol. The van der Waals surface area contributed by atoms with Gasteiger partial charge in [0.25, 0.3) is 0 Å². The highest BCUT2D eigenvalue weighted by atomic mass is 16.6. The number of anilines is 2. The number of amides is 1. The number of carbonyl (C=O) groups excluding carboxylic acids is 1. The van der Waals surface area contributed by atoms with Crippen molar-refractivity contribution in [2.24, 2.45) is 0 Å². The lowest BCUT2D eigenvalue weighted by molar-refractivity contribution is 0.0597. The van der Waals surface area contributed by atoms with Crippen molar-refractivity contribution in [3.05, 3.63) is 47.2 Å². The zero-order valence-corrected chi connectivity index (χ0v) is 17.5. The average molecular weight is 396 g/mol. The third-order valence-electron chi connectivity index (χ3n) is 5.25. The molecule has 1 fully saturated rings. The minimum absolute atomic E-state index is 0.366. The Kier molecular flexibility index (Phi) is 5.21. The van der Waals surface area contributed by atoms with Crippen LogP contribution in [0.3, 0.4) is 0 Å². The third-order valence-corrected chi connectivity index (χ3v) is 5.25. The van der Waals surface area contributed by atoms with Gasteiger partial charge in [0.2, 0.25) is 0 Å². The summed E-state index contributed by atoms with van der Waals surface area (Å²) in [6.45, 7) is 9.45. The molecule has 3 heterocycles. The number of hydrogen-bond acceptors (Lipinski definition) is 5. The predicted molar refractivity (Wildman–Crippen MR) is 111 cm³/mol. The van der Waals surface area contributed by atoms with Crippen molar-refractivity contribution >= 4 is 17.6 Å². The first-order valence-electron chi connectivity index (χ1n) is 10.2. The molecule has 29 heavy (non-hydrogen) atoms. The van der Waals surface area contributed by atoms with Gasteiger partial charge in [0.1, 0.15) is 23.8 Å². The van der Waals surface area contributed by atoms with Crippen molar-refractivity contribution in [1.29, 1.82) is 0 Å². The van der Waals surface area contributed by atoms with Gasteiger partial charge < -0.3 is 14.2 Å². The Morgan fingerprint density at radius 3 is 2.69 bits per heavy atom. The second kappa shape index (κ2) is 7.67. The standard InChI is InChI=1S/C23H28N2O4/c1-15-5-6-20-19(13-15)25(22(26)29-23(2,3)4)21-18(14-28-20)17(7-10-24-21)16-8-11-27-12-9-16/h5-7,10,13,16H,8-9,11-12,14H2,1-4H3. The molecule has 1 aromatic heterocycles. The van der Waals surface area contributed by atoms with Gasteiger partial charge in [0.15, 0.2) is 0 Å². The molecule has 6 nitrogen and oxygen atoms in total. The molecule has 0 bridgehead atoms. The molecule has 0 saturated carbocycles. The van der Waals surface area contributed by atoms with E-state index in [2.05, 4.69) is 4.98 Å². The molecule has 0 N–H and O–H groups in total. The number of rotatable bonds is 1. The summed E-state index contributed by atoms with van der Waals surface area (Å²) in [4.78, 5) is 19.5. The van der Waals surface area contributed by atoms with Gasteiger partial charge in [-0.15, -0.1) is 0 Å². The van der Waals surface area contributed by atoms with Gasteiger partial charge in [0, 0.05) is 25.0 Å². The normalized spacial score (nSPS) is 17.0. The minimum atomic E-state index is -0.618. The molecule has 154 valence electrons. The lowest BCUT2D eigenvalue weighted by Gasteiger charge is -2.29. The highest BCUT2D eigenvalue weighted by molar-refractivity contribution is 5.98. The lowest BCUT2D eigenvalue weighted by atomic mass is 9.89. The molecule has 0 unspecified atom stereocenters. The third kappa shape index (κ3) is 4.08. The van der Waals surface area contributed by atoms with E-state index in [9.17, 15) is 4.79 Å². The molecule has 2 aromatic rings. The number of benzene rings is 1. The van der Waals surface area contributed by atoms with Gasteiger partial charge in [0.05, 0.1) is 5.69 Å². The van der Waals surface area contributed by atoms with Crippen molar-refractivity contribution in [2.75, 3.05) is 18.1 Å². The fraction of sp³-hybridized carbons (Fsp3) is 0.478. The first-order chi connectivity index (χ1) is 13.8. The molecule has 0 aliphatic carbocycles. The predicted octanol–water partition coefficient (Wildman–Crippen LogP) is 5.25. The maximum absolute atomic E-state index is 13.3. The lowest BCUT2D eigenvalue weighted by Crippen LogP contribution is -2.34. The molecule has 6 heteroatoms. The number of pyridine rings is 1. The summed E-state index contributed by atoms with van der Waals surface area (Å²) in [5, 5.41) is 0. The molecule has 2 aliphatic heterocycles. The fourth-order valence-electron chi connectivity index (χ4n) is 3.91. The van der Waals surface area contributed by atoms with E-state index in [1.54, 1.807) is 11.1 Å². The van der Waals surface area contributed by atoms with Crippen LogP contribution < -0.4 is 9.64 Å². The summed E-state index contributed by atoms with van der Waals surface area (Å²) < 4.78 is 17.4. The number of aromatic nitrogens is 1. The molecule has 0 atom stereocenters. The van der Waals surface area contributed by atoms with E-state index in [0.717, 1.165) is 37.2 Å². The zero-order chi connectivity index (χ0) is 20.6. The molecule has 4 rings (SSSR count). The minimum Gasteiger partial charge on any atom is -0.487 e. The van der Waals surface area contributed by atoms with Gasteiger partial charge in [-0.2, -0.15) is 0 Å². The number of fused-ring (bicyclic) bond motifs is 2. The maximum atomic E-state index is 13.3. The van der Waals surface area contributed by atoms with E-state index in [1.165, 1.54) is 5.56 Å². The highest BCUT2D eigenvalue weighted by Crippen LogP contribution is 2.43. The maximum Gasteiger partial charge on any atom is 0.420 e. The van der Waals surface area contributed by atoms with Crippen LogP contribution in [-0.4, -0.2) is 29.9 Å². The number of hydrogen-bond donors (Lipinski definition) is 0. The summed E-state index contributed by atoms with van der Waals surface area (Å²) >= 11 is 0. The van der Waals surface area contributed by atoms with Gasteiger partial charge in [-0.05, 0) is 75.8 Å². The number of carbonyl (C=O) groups is 1. The van der Waals surface area contributed by atoms with Crippen LogP contribution in [-0.2, 0) is 16.1 Å². The Morgan fingerprint density at radius 1 is 1.21 bits per heavy atom. The van der Waals surface area contributed by atoms with Crippen molar-refractivity contribution in [1.82, 2.24) is 4.98 Å². The average Bonchev–Trinajstić information content (AvgIpc) is 2.83. The van der Waals surface area contributed by atoms with E-state index in [1.807, 2.05) is 52.0 Å². The van der Waals surface area contributed by atoms with E-state index < -0.39 is 11.7 Å². The smallest absolute Gasteiger partial charge is 0.420 e. The number of nitrogens with zero attached hydrogens (tertiary/aromatic N) is 2. The molecule has 1 saturated heterocycles. The summed E-state index contributed by atoms with van der Waals surface area (Å²) in [5.41, 5.74) is 3.20. The van der Waals surface area contributed by atoms with Gasteiger partial charge in [-0.3, -0.25) is 0 Å². The summed E-state index contributed by atoms with van der Waals surface area (Å²) in [5.74, 6) is 1.61. The molecular formula is C23H28N2O4. The van der Waals surface area contributed by atoms with E-state index in [0.29, 0.717) is 29.8 Å². The van der Waals surface area contributed by atoms with Crippen molar-refractivity contribution in [3.63, 3.8) is 0 Å². The zero-order valence-electron chi connectivity index (χ0n) is 17.5. The Bertz CT molecular complexity index is 914. The Hall–Kier alpha value is -2.60. The van der Waals surface area contributed by atoms with Crippen molar-refractivity contribution in [3.8, 4) is 5.75 Å². The first-order valence-corrected chi connectivity index (χ1v) is 10.2. The quantitative estimate of drug-likeness (QED) is 0.659. The van der Waals surface area contributed by atoms with Crippen LogP contribution in [0.15, 0.2) is 30.5 Å². The second-order valence-electron chi connectivity index (χ2n) is 8.66. The van der Waals surface area contributed by atoms with Gasteiger partial charge in [-0.1, -0.05) is 6.07 Å². The second-order valence-corrected chi connectivity index (χ2v) is 8.66. The van der Waals surface area contributed by atoms with Crippen molar-refractivity contribution < 1.29 is 19.0 Å². The molecule has 0 spiro atoms. The fourth-order valence-corrected chi connectivity index (χ4v) is 3.91. The summed E-state index contributed by atoms with van der Waals surface area (Å²) in [6.07, 6.45) is 3.24. The van der Waals surface area contributed by atoms with Crippen LogP contribution >= 0.6 is 0 Å². The van der Waals surface area contributed by atoms with Crippen LogP contribution in [0.2, 0.25) is 0 Å². The SMILES string of the molecule is Cc1ccc2c(c1)N(C(=O)OC(C)(C)C)c1nccc(C3CCOCC3)c1CO2. The van der Waals surface area contributed by atoms with Crippen LogP contribution in [0.1, 0.15) is 56.2 Å². The Labute approximate surface area is 171 Å². The van der Waals surface area contributed by atoms with Crippen LogP contribution in [0.5, 0.6) is 5.75 Å². The van der Waals surface area contributed by atoms with Crippen LogP contribution in [0, 0.1) is 6.92 Å². The van der Waals surface area contributed by atoms with Crippen LogP contribution in [0.25, 0.3) is 0 Å². The Balaban J connectivity index is 1.85. The molecule has 1 amide bonds. The molecule has 1 aromatic carbocycles. The molecule has 0 radical (unpaired) electrons. The first kappa shape index (κ1) is 19.7. The van der Waals surface area contributed by atoms with Crippen molar-refractivity contribution in [2.45, 2.75) is 58.7 Å². The number of aryl methyl sites for hydroxylation is 1. The highest BCUT2D eigenvalue weighted by Gasteiger charge is 2.34. The van der Waals surface area contributed by atoms with E-state index >= 15 is 0 Å². The number of ether oxygens (including phenoxy) is 3. The monoisotopic (exact) mass is 396 g/mol. The summed E-state index contributed by atoms with van der Waals surface area (Å²) in [6, 6.07) is 7.88. The topological polar surface area (TPSA) is 60.9 Å². The van der Waals surface area contributed by atoms with Gasteiger partial charge >= 0.3 is 6.09 Å². The van der Waals surface area contributed by atoms with E-state index in [-0.39, 0.29) is 0 Å². The van der Waals surface area contributed by atoms with E-state index in [4.69, 9.17) is 14.2 Å².